The Balaban J connectivity index is 1.63. The van der Waals surface area contributed by atoms with E-state index < -0.39 is 0 Å². The van der Waals surface area contributed by atoms with Crippen LogP contribution in [-0.4, -0.2) is 48.6 Å². The standard InChI is InChI=1S/C13H15ClN2O3S/c14-9-1-6-20-11(9)12(18)16-4-2-13(3-5-16)8-15-10(17)7-19-13/h1,6H,2-5,7-8H2,(H,15,17). The van der Waals surface area contributed by atoms with Gasteiger partial charge in [-0.05, 0) is 24.3 Å². The Kier molecular flexibility index (Phi) is 3.70. The highest BCUT2D eigenvalue weighted by Crippen LogP contribution is 2.30. The lowest BCUT2D eigenvalue weighted by Gasteiger charge is -2.43. The van der Waals surface area contributed by atoms with Crippen LogP contribution in [0.2, 0.25) is 5.02 Å². The molecule has 3 heterocycles. The maximum Gasteiger partial charge on any atom is 0.265 e. The molecular weight excluding hydrogens is 300 g/mol. The van der Waals surface area contributed by atoms with Crippen molar-refractivity contribution in [2.75, 3.05) is 26.2 Å². The quantitative estimate of drug-likeness (QED) is 0.855. The minimum Gasteiger partial charge on any atom is -0.363 e. The number of rotatable bonds is 1. The van der Waals surface area contributed by atoms with Crippen molar-refractivity contribution in [3.8, 4) is 0 Å². The molecule has 0 aliphatic carbocycles. The van der Waals surface area contributed by atoms with Gasteiger partial charge in [0.2, 0.25) is 5.91 Å². The minimum atomic E-state index is -0.302. The Bertz CT molecular complexity index is 525. The van der Waals surface area contributed by atoms with Crippen molar-refractivity contribution in [2.45, 2.75) is 18.4 Å². The third-order valence-corrected chi connectivity index (χ3v) is 5.22. The smallest absolute Gasteiger partial charge is 0.265 e. The van der Waals surface area contributed by atoms with E-state index in [0.29, 0.717) is 29.5 Å². The van der Waals surface area contributed by atoms with Gasteiger partial charge in [0.05, 0.1) is 10.6 Å². The number of nitrogens with one attached hydrogen (secondary N) is 1. The van der Waals surface area contributed by atoms with Crippen LogP contribution in [0.3, 0.4) is 0 Å². The van der Waals surface area contributed by atoms with E-state index in [1.165, 1.54) is 11.3 Å². The first-order valence-electron chi connectivity index (χ1n) is 6.53. The lowest BCUT2D eigenvalue weighted by molar-refractivity contribution is -0.149. The number of carbonyl (C=O) groups excluding carboxylic acids is 2. The van der Waals surface area contributed by atoms with Crippen LogP contribution < -0.4 is 5.32 Å². The van der Waals surface area contributed by atoms with Crippen LogP contribution in [0.25, 0.3) is 0 Å². The van der Waals surface area contributed by atoms with Gasteiger partial charge >= 0.3 is 0 Å². The molecule has 2 aliphatic rings. The van der Waals surface area contributed by atoms with Gasteiger partial charge in [0.15, 0.2) is 0 Å². The second-order valence-electron chi connectivity index (χ2n) is 5.14. The monoisotopic (exact) mass is 314 g/mol. The fraction of sp³-hybridized carbons (Fsp3) is 0.538. The number of carbonyl (C=O) groups is 2. The summed E-state index contributed by atoms with van der Waals surface area (Å²) in [7, 11) is 0. The fourth-order valence-corrected chi connectivity index (χ4v) is 3.71. The van der Waals surface area contributed by atoms with E-state index in [0.717, 1.165) is 12.8 Å². The maximum absolute atomic E-state index is 12.3. The maximum atomic E-state index is 12.3. The molecule has 2 aliphatic heterocycles. The minimum absolute atomic E-state index is 0.0142. The molecule has 7 heteroatoms. The third-order valence-electron chi connectivity index (χ3n) is 3.89. The summed E-state index contributed by atoms with van der Waals surface area (Å²) in [6.45, 7) is 1.91. The molecule has 0 atom stereocenters. The van der Waals surface area contributed by atoms with Crippen molar-refractivity contribution >= 4 is 34.8 Å². The van der Waals surface area contributed by atoms with Gasteiger partial charge in [-0.15, -0.1) is 11.3 Å². The first-order valence-corrected chi connectivity index (χ1v) is 7.78. The van der Waals surface area contributed by atoms with Gasteiger partial charge in [0, 0.05) is 19.6 Å². The molecule has 108 valence electrons. The van der Waals surface area contributed by atoms with Crippen molar-refractivity contribution < 1.29 is 14.3 Å². The highest BCUT2D eigenvalue weighted by Gasteiger charge is 2.40. The fourth-order valence-electron chi connectivity index (χ4n) is 2.61. The Hall–Kier alpha value is -1.11. The summed E-state index contributed by atoms with van der Waals surface area (Å²) in [5.41, 5.74) is -0.302. The molecule has 0 unspecified atom stereocenters. The zero-order chi connectivity index (χ0) is 14.2. The van der Waals surface area contributed by atoms with Gasteiger partial charge in [0.1, 0.15) is 11.5 Å². The third kappa shape index (κ3) is 2.55. The lowest BCUT2D eigenvalue weighted by atomic mass is 9.90. The number of halogens is 1. The second-order valence-corrected chi connectivity index (χ2v) is 6.46. The average Bonchev–Trinajstić information content (AvgIpc) is 2.89. The Morgan fingerprint density at radius 2 is 2.20 bits per heavy atom. The van der Waals surface area contributed by atoms with Crippen molar-refractivity contribution in [2.24, 2.45) is 0 Å². The molecule has 5 nitrogen and oxygen atoms in total. The zero-order valence-electron chi connectivity index (χ0n) is 10.9. The molecular formula is C13H15ClN2O3S. The first-order chi connectivity index (χ1) is 9.60. The average molecular weight is 315 g/mol. The van der Waals surface area contributed by atoms with E-state index in [2.05, 4.69) is 5.32 Å². The second kappa shape index (κ2) is 5.35. The van der Waals surface area contributed by atoms with Gasteiger partial charge in [-0.1, -0.05) is 11.6 Å². The molecule has 0 radical (unpaired) electrons. The van der Waals surface area contributed by atoms with Crippen LogP contribution in [-0.2, 0) is 9.53 Å². The summed E-state index contributed by atoms with van der Waals surface area (Å²) < 4.78 is 5.69. The van der Waals surface area contributed by atoms with Crippen LogP contribution >= 0.6 is 22.9 Å². The van der Waals surface area contributed by atoms with Gasteiger partial charge in [-0.25, -0.2) is 0 Å². The summed E-state index contributed by atoms with van der Waals surface area (Å²) in [5.74, 6) is -0.0841. The summed E-state index contributed by atoms with van der Waals surface area (Å²) in [6.07, 6.45) is 1.48. The molecule has 2 fully saturated rings. The molecule has 20 heavy (non-hydrogen) atoms. The number of piperidine rings is 1. The molecule has 0 saturated carbocycles. The molecule has 0 bridgehead atoms. The van der Waals surface area contributed by atoms with E-state index in [-0.39, 0.29) is 24.0 Å². The highest BCUT2D eigenvalue weighted by molar-refractivity contribution is 7.12. The summed E-state index contributed by atoms with van der Waals surface area (Å²) in [6, 6.07) is 1.74. The zero-order valence-corrected chi connectivity index (χ0v) is 12.4. The Morgan fingerprint density at radius 1 is 1.45 bits per heavy atom. The first kappa shape index (κ1) is 13.9. The van der Waals surface area contributed by atoms with Crippen LogP contribution in [0.4, 0.5) is 0 Å². The molecule has 3 rings (SSSR count). The number of nitrogens with zero attached hydrogens (tertiary/aromatic N) is 1. The van der Waals surface area contributed by atoms with E-state index in [1.807, 2.05) is 10.3 Å². The van der Waals surface area contributed by atoms with E-state index in [4.69, 9.17) is 16.3 Å². The van der Waals surface area contributed by atoms with Gasteiger partial charge < -0.3 is 15.0 Å². The predicted molar refractivity (Wildman–Crippen MR) is 76.2 cm³/mol. The molecule has 2 saturated heterocycles. The van der Waals surface area contributed by atoms with Crippen LogP contribution in [0.1, 0.15) is 22.5 Å². The number of hydrogen-bond donors (Lipinski definition) is 1. The topological polar surface area (TPSA) is 58.6 Å². The number of likely N-dealkylation sites (tertiary alicyclic amines) is 1. The number of hydrogen-bond acceptors (Lipinski definition) is 4. The number of amides is 2. The molecule has 2 amide bonds. The summed E-state index contributed by atoms with van der Waals surface area (Å²) in [4.78, 5) is 25.9. The number of thiophene rings is 1. The van der Waals surface area contributed by atoms with E-state index >= 15 is 0 Å². The summed E-state index contributed by atoms with van der Waals surface area (Å²) in [5, 5.41) is 5.17. The molecule has 1 spiro atoms. The molecule has 1 N–H and O–H groups in total. The Labute approximate surface area is 125 Å². The van der Waals surface area contributed by atoms with Crippen LogP contribution in [0.15, 0.2) is 11.4 Å². The van der Waals surface area contributed by atoms with Crippen molar-refractivity contribution in [1.29, 1.82) is 0 Å². The molecule has 1 aromatic rings. The highest BCUT2D eigenvalue weighted by atomic mass is 35.5. The predicted octanol–water partition coefficient (Wildman–Crippen LogP) is 1.52. The van der Waals surface area contributed by atoms with Gasteiger partial charge in [-0.2, -0.15) is 0 Å². The van der Waals surface area contributed by atoms with Crippen LogP contribution in [0.5, 0.6) is 0 Å². The van der Waals surface area contributed by atoms with Crippen molar-refractivity contribution in [1.82, 2.24) is 10.2 Å². The van der Waals surface area contributed by atoms with Gasteiger partial charge in [-0.3, -0.25) is 9.59 Å². The largest absolute Gasteiger partial charge is 0.363 e. The lowest BCUT2D eigenvalue weighted by Crippen LogP contribution is -2.57. The number of morpholine rings is 1. The van der Waals surface area contributed by atoms with Crippen molar-refractivity contribution in [3.63, 3.8) is 0 Å². The summed E-state index contributed by atoms with van der Waals surface area (Å²) >= 11 is 7.37. The van der Waals surface area contributed by atoms with Gasteiger partial charge in [0.25, 0.3) is 5.91 Å². The SMILES string of the molecule is O=C1COC2(CCN(C(=O)c3sccc3Cl)CC2)CN1. The van der Waals surface area contributed by atoms with E-state index in [1.54, 1.807) is 6.07 Å². The van der Waals surface area contributed by atoms with Crippen LogP contribution in [0, 0.1) is 0 Å². The number of ether oxygens (including phenoxy) is 1. The Morgan fingerprint density at radius 3 is 2.75 bits per heavy atom. The molecule has 1 aromatic heterocycles. The van der Waals surface area contributed by atoms with Crippen molar-refractivity contribution in [3.05, 3.63) is 21.3 Å². The van der Waals surface area contributed by atoms with E-state index in [9.17, 15) is 9.59 Å². The molecule has 0 aromatic carbocycles. The normalized spacial score (nSPS) is 21.9.